The number of primary amides is 1. The molecule has 14 rings (SSSR count). The van der Waals surface area contributed by atoms with Crippen LogP contribution in [-0.2, 0) is 31.2 Å². The number of carbonyl (C=O) groups is 3. The number of nitrogens with zero attached hydrogens (tertiary/aromatic N) is 2. The van der Waals surface area contributed by atoms with Gasteiger partial charge in [0.1, 0.15) is 29.4 Å². The first-order chi connectivity index (χ1) is 64.9. The van der Waals surface area contributed by atoms with Crippen LogP contribution in [0.3, 0.4) is 0 Å². The van der Waals surface area contributed by atoms with Crippen LogP contribution in [0, 0.1) is 137 Å². The normalized spacial score (nSPS) is 9.70. The molecule has 0 spiro atoms. The summed E-state index contributed by atoms with van der Waals surface area (Å²) in [6, 6.07) is 89.1. The number of aldehydes is 1. The van der Waals surface area contributed by atoms with Crippen molar-refractivity contribution in [1.82, 2.24) is 0 Å². The number of aryl methyl sites for hydroxylation is 15. The van der Waals surface area contributed by atoms with Gasteiger partial charge in [-0.05, 0) is 322 Å². The quantitative estimate of drug-likeness (QED) is 0.0896. The second-order valence-corrected chi connectivity index (χ2v) is 36.3. The molecule has 0 aliphatic rings. The first-order valence-corrected chi connectivity index (χ1v) is 47.8. The number of amides is 1. The maximum atomic E-state index is 12.2. The maximum Gasteiger partial charge on any atom is 0.338 e. The van der Waals surface area contributed by atoms with Crippen molar-refractivity contribution in [1.29, 1.82) is 10.5 Å². The smallest absolute Gasteiger partial charge is 0.338 e. The van der Waals surface area contributed by atoms with E-state index in [0.29, 0.717) is 64.4 Å². The van der Waals surface area contributed by atoms with E-state index in [-0.39, 0.29) is 27.5 Å². The molecule has 730 valence electrons. The Kier molecular flexibility index (Phi) is 59.8. The van der Waals surface area contributed by atoms with Gasteiger partial charge in [0, 0.05) is 47.3 Å². The molecule has 0 unspecified atom stereocenters. The van der Waals surface area contributed by atoms with E-state index in [1.54, 1.807) is 138 Å². The lowest BCUT2D eigenvalue weighted by Crippen LogP contribution is -2.13. The van der Waals surface area contributed by atoms with Gasteiger partial charge in [0.2, 0.25) is 26.0 Å². The van der Waals surface area contributed by atoms with Crippen molar-refractivity contribution in [3.05, 3.63) is 460 Å². The maximum absolute atomic E-state index is 12.2. The Bertz CT molecular complexity index is 6240. The zero-order valence-electron chi connectivity index (χ0n) is 80.1. The van der Waals surface area contributed by atoms with Crippen molar-refractivity contribution in [3.8, 4) is 29.4 Å². The van der Waals surface area contributed by atoms with Crippen LogP contribution in [0.4, 0.5) is 13.2 Å². The third-order valence-electron chi connectivity index (χ3n) is 18.1. The molecule has 14 aromatic rings. The van der Waals surface area contributed by atoms with Gasteiger partial charge >= 0.3 is 5.97 Å². The minimum absolute atomic E-state index is 0.104. The number of methoxy groups -OCH3 is 4. The molecule has 0 heterocycles. The van der Waals surface area contributed by atoms with Crippen molar-refractivity contribution >= 4 is 131 Å². The van der Waals surface area contributed by atoms with Crippen molar-refractivity contribution in [2.75, 3.05) is 28.4 Å². The van der Waals surface area contributed by atoms with E-state index >= 15 is 0 Å². The minimum Gasteiger partial charge on any atom is -0.497 e. The van der Waals surface area contributed by atoms with E-state index in [1.165, 1.54) is 61.2 Å². The van der Waals surface area contributed by atoms with Gasteiger partial charge < -0.3 is 24.7 Å². The third kappa shape index (κ3) is 53.1. The predicted octanol–water partition coefficient (Wildman–Crippen LogP) is 29.9. The van der Waals surface area contributed by atoms with Crippen molar-refractivity contribution in [2.24, 2.45) is 16.0 Å². The van der Waals surface area contributed by atoms with Crippen LogP contribution in [0.5, 0.6) is 17.2 Å². The van der Waals surface area contributed by atoms with Crippen molar-refractivity contribution in [3.63, 3.8) is 0 Å². The van der Waals surface area contributed by atoms with Gasteiger partial charge in [-0.25, -0.2) is 45.1 Å². The molecule has 14 aromatic carbocycles. The number of carbonyl (C=O) groups excluding carboxylic acids is 3. The van der Waals surface area contributed by atoms with Crippen LogP contribution in [0.1, 0.15) is 133 Å². The summed E-state index contributed by atoms with van der Waals surface area (Å²) in [7, 11) is -1.20. The number of sulfonamides is 2. The first-order valence-electron chi connectivity index (χ1n) is 41.6. The minimum atomic E-state index is -3.65. The van der Waals surface area contributed by atoms with Gasteiger partial charge in [0.05, 0.1) is 77.1 Å². The fraction of sp³-hybridized carbons (Fsp3) is 0.183. The highest BCUT2D eigenvalue weighted by atomic mass is 35.5. The van der Waals surface area contributed by atoms with Crippen molar-refractivity contribution < 1.29 is 63.3 Å². The molecule has 16 nitrogen and oxygen atoms in total. The number of benzene rings is 14. The molecule has 0 bridgehead atoms. The lowest BCUT2D eigenvalue weighted by molar-refractivity contribution is 0.0599. The Balaban J connectivity index is 0.000000745. The monoisotopic (exact) mass is 2070 g/mol. The number of hydrogen-bond donors (Lipinski definition) is 3. The summed E-state index contributed by atoms with van der Waals surface area (Å²) < 4.78 is 99.6. The number of nitriles is 2. The largest absolute Gasteiger partial charge is 0.497 e. The summed E-state index contributed by atoms with van der Waals surface area (Å²) in [6.07, 6.45) is 1.97. The highest BCUT2D eigenvalue weighted by molar-refractivity contribution is 7.89. The van der Waals surface area contributed by atoms with E-state index in [4.69, 9.17) is 134 Å². The van der Waals surface area contributed by atoms with Gasteiger partial charge in [0.15, 0.2) is 11.6 Å². The summed E-state index contributed by atoms with van der Waals surface area (Å²) in [5.41, 5.74) is 23.7. The molecule has 0 radical (unpaired) electrons. The molecule has 0 fully saturated rings. The lowest BCUT2D eigenvalue weighted by atomic mass is 10.1. The van der Waals surface area contributed by atoms with Crippen molar-refractivity contribution in [2.45, 2.75) is 120 Å². The molecule has 0 aliphatic heterocycles. The van der Waals surface area contributed by atoms with E-state index in [9.17, 15) is 44.4 Å². The molecule has 0 aromatic heterocycles. The Morgan fingerprint density at radius 1 is 0.355 bits per heavy atom. The van der Waals surface area contributed by atoms with E-state index < -0.39 is 31.7 Å². The van der Waals surface area contributed by atoms with Gasteiger partial charge in [-0.3, -0.25) is 9.59 Å². The average Bonchev–Trinajstić information content (AvgIpc) is 0.852. The fourth-order valence-corrected chi connectivity index (χ4v) is 13.7. The Labute approximate surface area is 852 Å². The average molecular weight is 2070 g/mol. The second kappa shape index (κ2) is 66.5. The second-order valence-electron chi connectivity index (χ2n) is 29.9. The number of nitrogens with two attached hydrogens (primary N) is 3. The van der Waals surface area contributed by atoms with E-state index in [1.807, 2.05) is 191 Å². The van der Waals surface area contributed by atoms with Crippen LogP contribution in [0.15, 0.2) is 301 Å². The molecular weight excluding hydrogens is 1960 g/mol. The van der Waals surface area contributed by atoms with E-state index in [0.717, 1.165) is 112 Å². The molecule has 1 amide bonds. The van der Waals surface area contributed by atoms with Gasteiger partial charge in [-0.1, -0.05) is 249 Å². The zero-order chi connectivity index (χ0) is 105. The number of primary sulfonamides is 2. The Hall–Kier alpha value is -12.0. The number of hydrogen-bond acceptors (Lipinski definition) is 13. The van der Waals surface area contributed by atoms with Gasteiger partial charge in [-0.15, -0.1) is 0 Å². The third-order valence-corrected chi connectivity index (χ3v) is 22.7. The number of ether oxygens (including phenoxy) is 4. The molecule has 138 heavy (non-hydrogen) atoms. The highest BCUT2D eigenvalue weighted by Crippen LogP contribution is 2.26. The van der Waals surface area contributed by atoms with Crippen LogP contribution < -0.4 is 30.2 Å². The summed E-state index contributed by atoms with van der Waals surface area (Å²) in [5.74, 6) is -0.593. The summed E-state index contributed by atoms with van der Waals surface area (Å²) in [4.78, 5) is 32.5. The highest BCUT2D eigenvalue weighted by Gasteiger charge is 2.14. The molecule has 0 saturated heterocycles. The zero-order valence-corrected chi connectivity index (χ0v) is 87.8. The van der Waals surface area contributed by atoms with Crippen LogP contribution in [0.2, 0.25) is 40.2 Å². The standard InChI is InChI=1S/C10H12O3.C9H10O2.C9H12.C8H11NO3S.C8H9NO.2C8H7N.4C7H6Cl2.C7H6F2.C7H7F.C7H9NO2S/c1-7-4-5-8(12-2)6-9(7)10(11)13-3;1-7-3-4-9(11-2)5-8(7)6-10;1-3-9-6-4-8(2)5-7-9;1-6-3-4-7(12-2)5-8(6)13(9,10)11;1-6-3-2-4-7(5-6)8(9)10;1-7-2-4-8(6-9)5-3-7;1-7-3-2-4-8(5-7)6-9;1-5-2-6(8)4-7(9)3-5;1-5-4-6(8)2-3-7(5)9;1-5-2-3-6(8)4-7(5)9;2*1-5-2-3-6(8)7(9)4-5;1-6-2-4-7(8)5-3-6;1-6-4-2-3-5-7(6)11(8,9)10/h4-6H,1-3H3;3-6H,1-2H3;4-7H,3H2,1-2H3;3-5H,1-2H3,(H2,9,10,11);2-5H,1H3,(H2,9,10);2*2-5H,1H3;5*2-4H,1H3;2-5H,1H3;2-5H,1H3,(H2,8,9,10). The molecule has 0 atom stereocenters. The summed E-state index contributed by atoms with van der Waals surface area (Å²) >= 11 is 45.4. The summed E-state index contributed by atoms with van der Waals surface area (Å²) in [6.45, 7) is 28.8. The lowest BCUT2D eigenvalue weighted by Gasteiger charge is -2.05. The Morgan fingerprint density at radius 2 is 0.797 bits per heavy atom. The molecular formula is C109H114Cl8F3N5O11S2. The Morgan fingerprint density at radius 3 is 1.20 bits per heavy atom. The topological polar surface area (TPSA) is 282 Å². The number of rotatable bonds is 9. The van der Waals surface area contributed by atoms with E-state index in [2.05, 4.69) is 55.0 Å². The summed E-state index contributed by atoms with van der Waals surface area (Å²) in [5, 5.41) is 32.2. The van der Waals surface area contributed by atoms with Crippen LogP contribution in [0.25, 0.3) is 0 Å². The molecule has 6 N–H and O–H groups in total. The SMILES string of the molecule is CCc1ccc(C)cc1.COC(=O)c1cc(OC)ccc1C.COc1ccc(C)c(C=O)c1.COc1ccc(C)c(S(N)(=O)=O)c1.Cc1cc(Cl)cc(Cl)c1.Cc1cc(Cl)ccc1Cl.Cc1ccc(C#N)cc1.Cc1ccc(Cl)c(Cl)c1.Cc1ccc(Cl)cc1Cl.Cc1ccc(F)c(F)c1.Cc1ccc(F)cc1.Cc1cccc(C#N)c1.Cc1cccc(C(N)=O)c1.Cc1ccccc1S(N)(=O)=O. The van der Waals surface area contributed by atoms with Gasteiger partial charge in [0.25, 0.3) is 0 Å². The molecule has 0 saturated carbocycles. The fourth-order valence-electron chi connectivity index (χ4n) is 10.4. The van der Waals surface area contributed by atoms with Gasteiger partial charge in [-0.2, -0.15) is 10.5 Å². The van der Waals surface area contributed by atoms with Crippen LogP contribution in [-0.4, -0.2) is 63.4 Å². The van der Waals surface area contributed by atoms with Crippen LogP contribution >= 0.6 is 92.8 Å². The first kappa shape index (κ1) is 124. The molecule has 29 heteroatoms. The predicted molar refractivity (Wildman–Crippen MR) is 563 cm³/mol. The number of esters is 1. The molecule has 0 aliphatic carbocycles. The number of halogens is 11.